The van der Waals surface area contributed by atoms with E-state index in [-0.39, 0.29) is 12.5 Å². The van der Waals surface area contributed by atoms with Crippen LogP contribution in [0.25, 0.3) is 11.3 Å². The number of nitrogens with zero attached hydrogens (tertiary/aromatic N) is 2. The third-order valence-electron chi connectivity index (χ3n) is 3.39. The number of amides is 1. The summed E-state index contributed by atoms with van der Waals surface area (Å²) in [5, 5.41) is 23.5. The van der Waals surface area contributed by atoms with E-state index in [1.54, 1.807) is 26.0 Å². The summed E-state index contributed by atoms with van der Waals surface area (Å²) in [5.74, 6) is 0.513. The number of anilines is 1. The van der Waals surface area contributed by atoms with Gasteiger partial charge in [-0.25, -0.2) is 0 Å². The minimum Gasteiger partial charge on any atom is -0.394 e. The van der Waals surface area contributed by atoms with E-state index < -0.39 is 5.54 Å². The molecule has 0 fully saturated rings. The number of aliphatic hydroxyl groups excluding tert-OH is 1. The molecule has 1 aromatic carbocycles. The summed E-state index contributed by atoms with van der Waals surface area (Å²) in [6.45, 7) is 7.49. The van der Waals surface area contributed by atoms with Gasteiger partial charge in [0.25, 0.3) is 5.91 Å². The Hall–Kier alpha value is -2.47. The fraction of sp³-hybridized carbons (Fsp3) is 0.389. The van der Waals surface area contributed by atoms with Gasteiger partial charge in [-0.15, -0.1) is 10.2 Å². The Morgan fingerprint density at radius 1 is 1.12 bits per heavy atom. The van der Waals surface area contributed by atoms with Gasteiger partial charge in [0, 0.05) is 17.2 Å². The molecular weight excluding hydrogens is 304 g/mol. The summed E-state index contributed by atoms with van der Waals surface area (Å²) in [4.78, 5) is 12.2. The Kier molecular flexibility index (Phi) is 5.51. The van der Waals surface area contributed by atoms with Gasteiger partial charge in [-0.3, -0.25) is 4.79 Å². The minimum atomic E-state index is -0.652. The van der Waals surface area contributed by atoms with E-state index in [9.17, 15) is 9.90 Å². The molecule has 2 aromatic rings. The predicted octanol–water partition coefficient (Wildman–Crippen LogP) is 2.46. The third kappa shape index (κ3) is 4.76. The number of hydrogen-bond donors (Lipinski definition) is 3. The highest BCUT2D eigenvalue weighted by atomic mass is 16.3. The zero-order chi connectivity index (χ0) is 17.7. The van der Waals surface area contributed by atoms with Gasteiger partial charge in [0.15, 0.2) is 0 Å². The van der Waals surface area contributed by atoms with Gasteiger partial charge in [0.2, 0.25) is 0 Å². The first-order valence-corrected chi connectivity index (χ1v) is 7.95. The van der Waals surface area contributed by atoms with Crippen LogP contribution in [-0.4, -0.2) is 39.4 Å². The largest absolute Gasteiger partial charge is 0.394 e. The van der Waals surface area contributed by atoms with Crippen molar-refractivity contribution >= 4 is 11.7 Å². The van der Waals surface area contributed by atoms with E-state index in [0.717, 1.165) is 17.1 Å². The number of aromatic nitrogens is 2. The van der Waals surface area contributed by atoms with Crippen molar-refractivity contribution in [1.82, 2.24) is 15.5 Å². The van der Waals surface area contributed by atoms with Gasteiger partial charge < -0.3 is 15.7 Å². The zero-order valence-electron chi connectivity index (χ0n) is 14.5. The molecule has 0 saturated carbocycles. The summed E-state index contributed by atoms with van der Waals surface area (Å²) in [7, 11) is 0. The molecule has 0 spiro atoms. The molecule has 128 valence electrons. The van der Waals surface area contributed by atoms with Gasteiger partial charge in [0.05, 0.1) is 17.8 Å². The lowest BCUT2D eigenvalue weighted by atomic mass is 10.0. The van der Waals surface area contributed by atoms with E-state index in [4.69, 9.17) is 0 Å². The van der Waals surface area contributed by atoms with Gasteiger partial charge in [-0.1, -0.05) is 12.1 Å². The second-order valence-electron chi connectivity index (χ2n) is 6.68. The molecule has 0 radical (unpaired) electrons. The van der Waals surface area contributed by atoms with E-state index in [1.165, 1.54) is 0 Å². The number of aliphatic hydroxyl groups is 1. The van der Waals surface area contributed by atoms with Crippen molar-refractivity contribution in [1.29, 1.82) is 0 Å². The molecular formula is C18H24N4O2. The summed E-state index contributed by atoms with van der Waals surface area (Å²) >= 11 is 0. The smallest absolute Gasteiger partial charge is 0.251 e. The molecule has 0 aliphatic heterocycles. The lowest BCUT2D eigenvalue weighted by Gasteiger charge is -2.23. The highest BCUT2D eigenvalue weighted by molar-refractivity contribution is 5.95. The van der Waals surface area contributed by atoms with Crippen LogP contribution in [0.15, 0.2) is 36.4 Å². The van der Waals surface area contributed by atoms with E-state index >= 15 is 0 Å². The molecule has 0 saturated heterocycles. The topological polar surface area (TPSA) is 87.1 Å². The number of benzene rings is 1. The van der Waals surface area contributed by atoms with Crippen LogP contribution in [0.5, 0.6) is 0 Å². The molecule has 0 atom stereocenters. The van der Waals surface area contributed by atoms with Gasteiger partial charge in [-0.2, -0.15) is 0 Å². The molecule has 0 unspecified atom stereocenters. The van der Waals surface area contributed by atoms with Crippen LogP contribution in [-0.2, 0) is 0 Å². The fourth-order valence-electron chi connectivity index (χ4n) is 2.07. The average molecular weight is 328 g/mol. The molecule has 1 aromatic heterocycles. The van der Waals surface area contributed by atoms with Gasteiger partial charge in [0.1, 0.15) is 5.82 Å². The predicted molar refractivity (Wildman–Crippen MR) is 94.9 cm³/mol. The van der Waals surface area contributed by atoms with Crippen LogP contribution in [0.1, 0.15) is 38.1 Å². The molecule has 2 rings (SSSR count). The number of rotatable bonds is 6. The first-order chi connectivity index (χ1) is 11.3. The van der Waals surface area contributed by atoms with Crippen molar-refractivity contribution in [3.63, 3.8) is 0 Å². The van der Waals surface area contributed by atoms with Crippen molar-refractivity contribution < 1.29 is 9.90 Å². The maximum atomic E-state index is 12.2. The number of carbonyl (C=O) groups excluding carboxylic acids is 1. The van der Waals surface area contributed by atoms with Crippen LogP contribution in [0, 0.1) is 0 Å². The second kappa shape index (κ2) is 7.40. The Balaban J connectivity index is 2.10. The standard InChI is InChI=1S/C18H24N4O2/c1-12(2)19-16-10-9-15(21-22-16)13-5-7-14(8-6-13)17(24)20-18(3,4)11-23/h5-10,12,23H,11H2,1-4H3,(H,19,22)(H,20,24). The van der Waals surface area contributed by atoms with Gasteiger partial charge >= 0.3 is 0 Å². The molecule has 1 amide bonds. The number of hydrogen-bond acceptors (Lipinski definition) is 5. The monoisotopic (exact) mass is 328 g/mol. The molecule has 1 heterocycles. The fourth-order valence-corrected chi connectivity index (χ4v) is 2.07. The summed E-state index contributed by atoms with van der Waals surface area (Å²) in [6, 6.07) is 11.2. The second-order valence-corrected chi connectivity index (χ2v) is 6.68. The minimum absolute atomic E-state index is 0.122. The maximum absolute atomic E-state index is 12.2. The van der Waals surface area contributed by atoms with Crippen LogP contribution in [0.3, 0.4) is 0 Å². The Morgan fingerprint density at radius 2 is 1.79 bits per heavy atom. The van der Waals surface area contributed by atoms with Crippen molar-refractivity contribution in [2.45, 2.75) is 39.3 Å². The molecule has 3 N–H and O–H groups in total. The number of carbonyl (C=O) groups is 1. The van der Waals surface area contributed by atoms with E-state index in [2.05, 4.69) is 20.8 Å². The van der Waals surface area contributed by atoms with E-state index in [1.807, 2.05) is 38.1 Å². The van der Waals surface area contributed by atoms with Crippen molar-refractivity contribution in [2.24, 2.45) is 0 Å². The van der Waals surface area contributed by atoms with Crippen LogP contribution in [0.2, 0.25) is 0 Å². The van der Waals surface area contributed by atoms with Crippen molar-refractivity contribution in [3.8, 4) is 11.3 Å². The molecule has 6 nitrogen and oxygen atoms in total. The van der Waals surface area contributed by atoms with E-state index in [0.29, 0.717) is 11.6 Å². The van der Waals surface area contributed by atoms with Crippen molar-refractivity contribution in [3.05, 3.63) is 42.0 Å². The van der Waals surface area contributed by atoms with Crippen LogP contribution in [0.4, 0.5) is 5.82 Å². The average Bonchev–Trinajstić information content (AvgIpc) is 2.55. The first kappa shape index (κ1) is 17.9. The van der Waals surface area contributed by atoms with Crippen LogP contribution < -0.4 is 10.6 Å². The molecule has 0 aliphatic rings. The van der Waals surface area contributed by atoms with Gasteiger partial charge in [-0.05, 0) is 52.0 Å². The quantitative estimate of drug-likeness (QED) is 0.758. The Bertz CT molecular complexity index is 679. The lowest BCUT2D eigenvalue weighted by Crippen LogP contribution is -2.46. The molecule has 0 bridgehead atoms. The normalized spacial score (nSPS) is 11.4. The SMILES string of the molecule is CC(C)Nc1ccc(-c2ccc(C(=O)NC(C)(C)CO)cc2)nn1. The molecule has 24 heavy (non-hydrogen) atoms. The Labute approximate surface area is 142 Å². The highest BCUT2D eigenvalue weighted by Crippen LogP contribution is 2.18. The molecule has 6 heteroatoms. The summed E-state index contributed by atoms with van der Waals surface area (Å²) in [6.07, 6.45) is 0. The highest BCUT2D eigenvalue weighted by Gasteiger charge is 2.19. The van der Waals surface area contributed by atoms with Crippen LogP contribution >= 0.6 is 0 Å². The Morgan fingerprint density at radius 3 is 2.29 bits per heavy atom. The third-order valence-corrected chi connectivity index (χ3v) is 3.39. The molecule has 0 aliphatic carbocycles. The maximum Gasteiger partial charge on any atom is 0.251 e. The summed E-state index contributed by atoms with van der Waals surface area (Å²) in [5.41, 5.74) is 1.51. The summed E-state index contributed by atoms with van der Waals surface area (Å²) < 4.78 is 0. The van der Waals surface area contributed by atoms with Crippen molar-refractivity contribution in [2.75, 3.05) is 11.9 Å². The number of nitrogens with one attached hydrogen (secondary N) is 2. The first-order valence-electron chi connectivity index (χ1n) is 7.95. The lowest BCUT2D eigenvalue weighted by molar-refractivity contribution is 0.0869. The zero-order valence-corrected chi connectivity index (χ0v) is 14.5.